The summed E-state index contributed by atoms with van der Waals surface area (Å²) in [5, 5.41) is 0. The van der Waals surface area contributed by atoms with Gasteiger partial charge in [-0.2, -0.15) is 4.39 Å². The molecule has 0 radical (unpaired) electrons. The lowest BCUT2D eigenvalue weighted by Crippen LogP contribution is -2.17. The monoisotopic (exact) mass is 529 g/mol. The van der Waals surface area contributed by atoms with Crippen LogP contribution in [0.4, 0.5) is 13.2 Å². The number of aryl methyl sites for hydroxylation is 1. The highest BCUT2D eigenvalue weighted by Gasteiger charge is 2.26. The molecular formula is C33H46F3NO. The van der Waals surface area contributed by atoms with Crippen molar-refractivity contribution in [1.82, 2.24) is 4.98 Å². The van der Waals surface area contributed by atoms with Crippen LogP contribution >= 0.6 is 0 Å². The van der Waals surface area contributed by atoms with Gasteiger partial charge in [-0.1, -0.05) is 96.8 Å². The predicted octanol–water partition coefficient (Wildman–Crippen LogP) is 10.2. The van der Waals surface area contributed by atoms with Gasteiger partial charge in [0, 0.05) is 5.56 Å². The Kier molecular flexibility index (Phi) is 11.4. The van der Waals surface area contributed by atoms with Crippen molar-refractivity contribution in [1.29, 1.82) is 0 Å². The van der Waals surface area contributed by atoms with Crippen molar-refractivity contribution in [2.75, 3.05) is 6.61 Å². The molecule has 2 aliphatic carbocycles. The predicted molar refractivity (Wildman–Crippen MR) is 149 cm³/mol. The first-order chi connectivity index (χ1) is 18.6. The van der Waals surface area contributed by atoms with Gasteiger partial charge in [0.1, 0.15) is 0 Å². The molecule has 0 aliphatic heterocycles. The lowest BCUT2D eigenvalue weighted by Gasteiger charge is -2.26. The first-order valence-electron chi connectivity index (χ1n) is 15.4. The molecule has 1 unspecified atom stereocenters. The van der Waals surface area contributed by atoms with Crippen LogP contribution in [-0.4, -0.2) is 11.6 Å². The number of unbranched alkanes of at least 4 members (excludes halogenated alkanes) is 9. The van der Waals surface area contributed by atoms with E-state index in [-0.39, 0.29) is 17.0 Å². The molecule has 1 atom stereocenters. The molecule has 2 nitrogen and oxygen atoms in total. The third-order valence-corrected chi connectivity index (χ3v) is 8.48. The summed E-state index contributed by atoms with van der Waals surface area (Å²) in [6.07, 6.45) is 21.0. The lowest BCUT2D eigenvalue weighted by atomic mass is 9.80. The van der Waals surface area contributed by atoms with Crippen LogP contribution in [0.2, 0.25) is 0 Å². The number of ether oxygens (including phenoxy) is 1. The van der Waals surface area contributed by atoms with Crippen molar-refractivity contribution in [2.45, 2.75) is 122 Å². The fourth-order valence-electron chi connectivity index (χ4n) is 5.89. The van der Waals surface area contributed by atoms with Crippen molar-refractivity contribution >= 4 is 0 Å². The van der Waals surface area contributed by atoms with Crippen molar-refractivity contribution in [3.63, 3.8) is 0 Å². The molecule has 0 N–H and O–H groups in total. The van der Waals surface area contributed by atoms with Gasteiger partial charge in [0.2, 0.25) is 0 Å². The fourth-order valence-corrected chi connectivity index (χ4v) is 5.89. The number of pyridine rings is 1. The Labute approximate surface area is 227 Å². The maximum absolute atomic E-state index is 15.2. The summed E-state index contributed by atoms with van der Waals surface area (Å²) in [6, 6.07) is 4.67. The van der Waals surface area contributed by atoms with E-state index in [1.807, 2.05) is 0 Å². The molecule has 1 aromatic carbocycles. The summed E-state index contributed by atoms with van der Waals surface area (Å²) in [5.74, 6) is -0.978. The molecule has 0 spiro atoms. The Bertz CT molecular complexity index is 1020. The summed E-state index contributed by atoms with van der Waals surface area (Å²) in [5.41, 5.74) is 1.48. The number of rotatable bonds is 17. The highest BCUT2D eigenvalue weighted by Crippen LogP contribution is 2.36. The largest absolute Gasteiger partial charge is 0.489 e. The van der Waals surface area contributed by atoms with E-state index in [9.17, 15) is 4.39 Å². The molecule has 1 aromatic heterocycles. The second-order valence-electron chi connectivity index (χ2n) is 11.7. The standard InChI is InChI=1S/C33H46F3NO/c1-2-3-4-12-21-38-30-20-19-29(37-33(30)36)28-23-26-18-17-25(22-27(26)31(34)32(28)35)14-11-9-7-5-6-8-10-13-24-15-16-24/h19-20,23-25H,2-18,21-22H2,1H3. The van der Waals surface area contributed by atoms with Gasteiger partial charge in [-0.3, -0.25) is 0 Å². The van der Waals surface area contributed by atoms with Crippen LogP contribution in [0.3, 0.4) is 0 Å². The third kappa shape index (κ3) is 8.48. The molecule has 4 rings (SSSR count). The van der Waals surface area contributed by atoms with E-state index in [1.165, 1.54) is 76.3 Å². The van der Waals surface area contributed by atoms with Gasteiger partial charge in [0.15, 0.2) is 17.4 Å². The van der Waals surface area contributed by atoms with E-state index < -0.39 is 17.6 Å². The van der Waals surface area contributed by atoms with Crippen LogP contribution in [0.5, 0.6) is 5.75 Å². The Morgan fingerprint density at radius 1 is 0.789 bits per heavy atom. The minimum atomic E-state index is -0.925. The molecule has 1 fully saturated rings. The second-order valence-corrected chi connectivity index (χ2v) is 11.7. The van der Waals surface area contributed by atoms with Gasteiger partial charge in [0.25, 0.3) is 5.95 Å². The molecule has 2 aromatic rings. The lowest BCUT2D eigenvalue weighted by molar-refractivity contribution is 0.286. The summed E-state index contributed by atoms with van der Waals surface area (Å²) < 4.78 is 50.4. The number of hydrogen-bond donors (Lipinski definition) is 0. The SMILES string of the molecule is CCCCCCOc1ccc(-c2cc3c(c(F)c2F)CC(CCCCCCCCCC2CC2)CC3)nc1F. The van der Waals surface area contributed by atoms with Gasteiger partial charge in [-0.15, -0.1) is 0 Å². The Balaban J connectivity index is 1.25. The van der Waals surface area contributed by atoms with Crippen LogP contribution in [0.15, 0.2) is 18.2 Å². The van der Waals surface area contributed by atoms with Gasteiger partial charge in [-0.05, 0) is 66.8 Å². The molecule has 2 aliphatic rings. The average molecular weight is 530 g/mol. The van der Waals surface area contributed by atoms with E-state index in [2.05, 4.69) is 11.9 Å². The van der Waals surface area contributed by atoms with Crippen molar-refractivity contribution in [2.24, 2.45) is 11.8 Å². The average Bonchev–Trinajstić information content (AvgIpc) is 3.75. The van der Waals surface area contributed by atoms with Crippen LogP contribution in [0, 0.1) is 29.4 Å². The van der Waals surface area contributed by atoms with Gasteiger partial charge in [-0.25, -0.2) is 13.8 Å². The van der Waals surface area contributed by atoms with Gasteiger partial charge < -0.3 is 4.74 Å². The Morgan fingerprint density at radius 2 is 1.47 bits per heavy atom. The minimum Gasteiger partial charge on any atom is -0.489 e. The molecule has 0 saturated heterocycles. The van der Waals surface area contributed by atoms with Crippen LogP contribution in [-0.2, 0) is 12.8 Å². The van der Waals surface area contributed by atoms with Crippen molar-refractivity contribution in [3.8, 4) is 17.0 Å². The Morgan fingerprint density at radius 3 is 2.16 bits per heavy atom. The number of aromatic nitrogens is 1. The minimum absolute atomic E-state index is 0.0326. The molecular weight excluding hydrogens is 483 g/mol. The molecule has 210 valence electrons. The zero-order valence-corrected chi connectivity index (χ0v) is 23.3. The van der Waals surface area contributed by atoms with E-state index in [4.69, 9.17) is 4.74 Å². The number of nitrogens with zero attached hydrogens (tertiary/aromatic N) is 1. The van der Waals surface area contributed by atoms with Crippen molar-refractivity contribution < 1.29 is 17.9 Å². The highest BCUT2D eigenvalue weighted by molar-refractivity contribution is 5.63. The molecule has 38 heavy (non-hydrogen) atoms. The van der Waals surface area contributed by atoms with Gasteiger partial charge in [0.05, 0.1) is 12.3 Å². The Hall–Kier alpha value is -2.04. The van der Waals surface area contributed by atoms with Crippen LogP contribution in [0.1, 0.15) is 121 Å². The zero-order chi connectivity index (χ0) is 26.7. The maximum atomic E-state index is 15.2. The van der Waals surface area contributed by atoms with Crippen molar-refractivity contribution in [3.05, 3.63) is 46.9 Å². The third-order valence-electron chi connectivity index (χ3n) is 8.48. The smallest absolute Gasteiger partial charge is 0.255 e. The topological polar surface area (TPSA) is 22.1 Å². The normalized spacial score (nSPS) is 17.0. The number of hydrogen-bond acceptors (Lipinski definition) is 2. The van der Waals surface area contributed by atoms with Gasteiger partial charge >= 0.3 is 0 Å². The highest BCUT2D eigenvalue weighted by atomic mass is 19.2. The zero-order valence-electron chi connectivity index (χ0n) is 23.3. The van der Waals surface area contributed by atoms with E-state index >= 15 is 8.78 Å². The number of fused-ring (bicyclic) bond motifs is 1. The van der Waals surface area contributed by atoms with Crippen LogP contribution < -0.4 is 4.74 Å². The molecule has 1 saturated carbocycles. The molecule has 0 bridgehead atoms. The summed E-state index contributed by atoms with van der Waals surface area (Å²) >= 11 is 0. The first-order valence-corrected chi connectivity index (χ1v) is 15.4. The fraction of sp³-hybridized carbons (Fsp3) is 0.667. The quantitative estimate of drug-likeness (QED) is 0.150. The summed E-state index contributed by atoms with van der Waals surface area (Å²) in [7, 11) is 0. The number of halogens is 3. The molecule has 1 heterocycles. The summed E-state index contributed by atoms with van der Waals surface area (Å²) in [4.78, 5) is 3.92. The molecule has 5 heteroatoms. The number of benzene rings is 1. The summed E-state index contributed by atoms with van der Waals surface area (Å²) in [6.45, 7) is 2.55. The van der Waals surface area contributed by atoms with Crippen LogP contribution in [0.25, 0.3) is 11.3 Å². The second kappa shape index (κ2) is 14.9. The maximum Gasteiger partial charge on any atom is 0.255 e. The van der Waals surface area contributed by atoms with E-state index in [1.54, 1.807) is 6.07 Å². The van der Waals surface area contributed by atoms with E-state index in [0.29, 0.717) is 24.5 Å². The first kappa shape index (κ1) is 29.0. The molecule has 0 amide bonds. The van der Waals surface area contributed by atoms with E-state index in [0.717, 1.165) is 56.4 Å².